The Kier molecular flexibility index (Phi) is 4.02. The molecule has 1 atom stereocenters. The van der Waals surface area contributed by atoms with Gasteiger partial charge in [0, 0.05) is 16.2 Å². The van der Waals surface area contributed by atoms with Crippen molar-refractivity contribution >= 4 is 34.5 Å². The van der Waals surface area contributed by atoms with Crippen LogP contribution in [0.4, 0.5) is 0 Å². The lowest BCUT2D eigenvalue weighted by Crippen LogP contribution is -2.23. The third-order valence-electron chi connectivity index (χ3n) is 2.84. The molecular weight excluding hydrogens is 287 g/mol. The van der Waals surface area contributed by atoms with E-state index < -0.39 is 5.60 Å². The van der Waals surface area contributed by atoms with Crippen LogP contribution in [0.25, 0.3) is 0 Å². The molecule has 4 heteroatoms. The van der Waals surface area contributed by atoms with Gasteiger partial charge in [-0.3, -0.25) is 0 Å². The first-order valence-electron chi connectivity index (χ1n) is 5.62. The van der Waals surface area contributed by atoms with E-state index in [1.54, 1.807) is 24.3 Å². The van der Waals surface area contributed by atoms with Crippen molar-refractivity contribution in [2.24, 2.45) is 0 Å². The molecule has 0 radical (unpaired) electrons. The van der Waals surface area contributed by atoms with Crippen LogP contribution in [0.15, 0.2) is 30.3 Å². The maximum atomic E-state index is 10.6. The van der Waals surface area contributed by atoms with Crippen LogP contribution in [-0.2, 0) is 12.0 Å². The van der Waals surface area contributed by atoms with Crippen molar-refractivity contribution in [3.05, 3.63) is 55.7 Å². The van der Waals surface area contributed by atoms with Gasteiger partial charge >= 0.3 is 0 Å². The topological polar surface area (TPSA) is 20.2 Å². The molecule has 18 heavy (non-hydrogen) atoms. The largest absolute Gasteiger partial charge is 0.384 e. The summed E-state index contributed by atoms with van der Waals surface area (Å²) < 4.78 is 0. The average Bonchev–Trinajstić information content (AvgIpc) is 2.72. The Morgan fingerprint density at radius 3 is 2.56 bits per heavy atom. The highest BCUT2D eigenvalue weighted by molar-refractivity contribution is 7.12. The first kappa shape index (κ1) is 13.9. The van der Waals surface area contributed by atoms with Crippen LogP contribution >= 0.6 is 34.5 Å². The van der Waals surface area contributed by atoms with Gasteiger partial charge < -0.3 is 5.11 Å². The third kappa shape index (κ3) is 2.89. The smallest absolute Gasteiger partial charge is 0.100 e. The summed E-state index contributed by atoms with van der Waals surface area (Å²) in [4.78, 5) is 2.12. The van der Waals surface area contributed by atoms with E-state index in [1.165, 1.54) is 4.88 Å². The van der Waals surface area contributed by atoms with Gasteiger partial charge in [-0.15, -0.1) is 11.3 Å². The van der Waals surface area contributed by atoms with E-state index in [0.29, 0.717) is 16.5 Å². The van der Waals surface area contributed by atoms with E-state index in [9.17, 15) is 5.11 Å². The van der Waals surface area contributed by atoms with E-state index in [-0.39, 0.29) is 0 Å². The summed E-state index contributed by atoms with van der Waals surface area (Å²) in [5.74, 6) is 0. The Hall–Kier alpha value is -0.540. The van der Waals surface area contributed by atoms with Crippen molar-refractivity contribution in [1.29, 1.82) is 0 Å². The summed E-state index contributed by atoms with van der Waals surface area (Å²) >= 11 is 13.7. The highest BCUT2D eigenvalue weighted by Gasteiger charge is 2.26. The highest BCUT2D eigenvalue weighted by atomic mass is 35.5. The fourth-order valence-electron chi connectivity index (χ4n) is 1.87. The molecule has 1 N–H and O–H groups in total. The molecule has 0 saturated carbocycles. The zero-order chi connectivity index (χ0) is 13.3. The molecule has 1 heterocycles. The van der Waals surface area contributed by atoms with Crippen LogP contribution in [0, 0.1) is 6.92 Å². The first-order chi connectivity index (χ1) is 8.40. The van der Waals surface area contributed by atoms with Crippen molar-refractivity contribution in [2.45, 2.75) is 25.9 Å². The first-order valence-corrected chi connectivity index (χ1v) is 7.19. The average molecular weight is 301 g/mol. The molecule has 0 aliphatic rings. The van der Waals surface area contributed by atoms with Crippen molar-refractivity contribution in [3.63, 3.8) is 0 Å². The van der Waals surface area contributed by atoms with Gasteiger partial charge in [0.25, 0.3) is 0 Å². The predicted octanol–water partition coefficient (Wildman–Crippen LogP) is 4.81. The molecule has 1 unspecified atom stereocenters. The maximum absolute atomic E-state index is 10.6. The standard InChI is InChI=1S/C14H14Cl2OS/c1-9-6-7-12(18-9)14(2,17)8-10-4-3-5-11(15)13(10)16/h3-7,17H,8H2,1-2H3. The second-order valence-electron chi connectivity index (χ2n) is 4.57. The number of halogens is 2. The summed E-state index contributed by atoms with van der Waals surface area (Å²) in [6, 6.07) is 9.45. The molecule has 1 aromatic carbocycles. The van der Waals surface area contributed by atoms with E-state index in [2.05, 4.69) is 0 Å². The van der Waals surface area contributed by atoms with Crippen molar-refractivity contribution in [1.82, 2.24) is 0 Å². The normalized spacial score (nSPS) is 14.5. The van der Waals surface area contributed by atoms with Crippen molar-refractivity contribution in [2.75, 3.05) is 0 Å². The summed E-state index contributed by atoms with van der Waals surface area (Å²) in [5, 5.41) is 11.6. The zero-order valence-corrected chi connectivity index (χ0v) is 12.5. The second kappa shape index (κ2) is 5.22. The van der Waals surface area contributed by atoms with Crippen LogP contribution in [0.3, 0.4) is 0 Å². The zero-order valence-electron chi connectivity index (χ0n) is 10.2. The Labute approximate surface area is 121 Å². The molecule has 0 bridgehead atoms. The molecule has 2 aromatic rings. The van der Waals surface area contributed by atoms with Gasteiger partial charge in [-0.25, -0.2) is 0 Å². The Bertz CT molecular complexity index is 561. The summed E-state index contributed by atoms with van der Waals surface area (Å²) in [6.07, 6.45) is 0.451. The summed E-state index contributed by atoms with van der Waals surface area (Å²) in [6.45, 7) is 3.83. The van der Waals surface area contributed by atoms with E-state index in [0.717, 1.165) is 10.4 Å². The lowest BCUT2D eigenvalue weighted by Gasteiger charge is -2.22. The van der Waals surface area contributed by atoms with Crippen molar-refractivity contribution < 1.29 is 5.11 Å². The molecule has 96 valence electrons. The van der Waals surface area contributed by atoms with Crippen LogP contribution < -0.4 is 0 Å². The SMILES string of the molecule is Cc1ccc(C(C)(O)Cc2cccc(Cl)c2Cl)s1. The van der Waals surface area contributed by atoms with Gasteiger partial charge in [0.15, 0.2) is 0 Å². The van der Waals surface area contributed by atoms with Crippen molar-refractivity contribution in [3.8, 4) is 0 Å². The molecule has 1 nitrogen and oxygen atoms in total. The minimum absolute atomic E-state index is 0.451. The fourth-order valence-corrected chi connectivity index (χ4v) is 3.16. The van der Waals surface area contributed by atoms with Crippen LogP contribution in [0.5, 0.6) is 0 Å². The number of aryl methyl sites for hydroxylation is 1. The van der Waals surface area contributed by atoms with Crippen LogP contribution in [-0.4, -0.2) is 5.11 Å². The van der Waals surface area contributed by atoms with E-state index >= 15 is 0 Å². The molecular formula is C14H14Cl2OS. The molecule has 0 amide bonds. The number of hydrogen-bond acceptors (Lipinski definition) is 2. The molecule has 0 aliphatic carbocycles. The monoisotopic (exact) mass is 300 g/mol. The number of rotatable bonds is 3. The fraction of sp³-hybridized carbons (Fsp3) is 0.286. The number of thiophene rings is 1. The molecule has 0 fully saturated rings. The van der Waals surface area contributed by atoms with Gasteiger partial charge in [-0.2, -0.15) is 0 Å². The van der Waals surface area contributed by atoms with E-state index in [1.807, 2.05) is 31.2 Å². The van der Waals surface area contributed by atoms with Gasteiger partial charge in [-0.05, 0) is 37.6 Å². The quantitative estimate of drug-likeness (QED) is 0.862. The number of benzene rings is 1. The Balaban J connectivity index is 2.30. The maximum Gasteiger partial charge on any atom is 0.100 e. The van der Waals surface area contributed by atoms with E-state index in [4.69, 9.17) is 23.2 Å². The predicted molar refractivity (Wildman–Crippen MR) is 78.8 cm³/mol. The lowest BCUT2D eigenvalue weighted by atomic mass is 9.95. The summed E-state index contributed by atoms with van der Waals surface area (Å²) in [5.41, 5.74) is -0.0620. The molecule has 0 aliphatic heterocycles. The molecule has 0 saturated heterocycles. The molecule has 2 rings (SSSR count). The molecule has 1 aromatic heterocycles. The third-order valence-corrected chi connectivity index (χ3v) is 4.95. The number of hydrogen-bond donors (Lipinski definition) is 1. The van der Waals surface area contributed by atoms with Gasteiger partial charge in [0.2, 0.25) is 0 Å². The highest BCUT2D eigenvalue weighted by Crippen LogP contribution is 2.34. The second-order valence-corrected chi connectivity index (χ2v) is 6.65. The summed E-state index contributed by atoms with van der Waals surface area (Å²) in [7, 11) is 0. The lowest BCUT2D eigenvalue weighted by molar-refractivity contribution is 0.0615. The van der Waals surface area contributed by atoms with Gasteiger partial charge in [0.1, 0.15) is 5.60 Å². The minimum Gasteiger partial charge on any atom is -0.384 e. The minimum atomic E-state index is -0.923. The Morgan fingerprint density at radius 1 is 1.22 bits per heavy atom. The molecule has 0 spiro atoms. The van der Waals surface area contributed by atoms with Gasteiger partial charge in [-0.1, -0.05) is 35.3 Å². The van der Waals surface area contributed by atoms with Crippen LogP contribution in [0.2, 0.25) is 10.0 Å². The van der Waals surface area contributed by atoms with Crippen LogP contribution in [0.1, 0.15) is 22.2 Å². The number of aliphatic hydroxyl groups is 1. The van der Waals surface area contributed by atoms with Gasteiger partial charge in [0.05, 0.1) is 10.0 Å². The Morgan fingerprint density at radius 2 is 1.94 bits per heavy atom.